The highest BCUT2D eigenvalue weighted by atomic mass is 16.3. The molecule has 0 saturated carbocycles. The van der Waals surface area contributed by atoms with Crippen molar-refractivity contribution in [2.75, 3.05) is 6.61 Å². The first-order valence-electron chi connectivity index (χ1n) is 5.36. The Hall–Kier alpha value is -0.930. The van der Waals surface area contributed by atoms with Gasteiger partial charge in [-0.3, -0.25) is 4.98 Å². The molecule has 3 heteroatoms. The molecule has 15 heavy (non-hydrogen) atoms. The van der Waals surface area contributed by atoms with Crippen molar-refractivity contribution < 1.29 is 5.11 Å². The Morgan fingerprint density at radius 2 is 2.20 bits per heavy atom. The lowest BCUT2D eigenvalue weighted by Gasteiger charge is -2.27. The Bertz CT molecular complexity index is 308. The Morgan fingerprint density at radius 3 is 2.73 bits per heavy atom. The molecule has 1 heterocycles. The topological polar surface area (TPSA) is 45.1 Å². The minimum atomic E-state index is -0.191. The highest BCUT2D eigenvalue weighted by Crippen LogP contribution is 2.09. The molecule has 0 bridgehead atoms. The van der Waals surface area contributed by atoms with E-state index in [2.05, 4.69) is 23.3 Å². The summed E-state index contributed by atoms with van der Waals surface area (Å²) in [7, 11) is 0. The van der Waals surface area contributed by atoms with Gasteiger partial charge in [-0.1, -0.05) is 13.0 Å². The second-order valence-corrected chi connectivity index (χ2v) is 4.30. The lowest BCUT2D eigenvalue weighted by Crippen LogP contribution is -2.44. The van der Waals surface area contributed by atoms with Crippen LogP contribution in [0.2, 0.25) is 0 Å². The van der Waals surface area contributed by atoms with E-state index in [1.807, 2.05) is 26.2 Å². The lowest BCUT2D eigenvalue weighted by atomic mass is 10.00. The average molecular weight is 208 g/mol. The van der Waals surface area contributed by atoms with E-state index in [4.69, 9.17) is 0 Å². The van der Waals surface area contributed by atoms with E-state index in [0.29, 0.717) is 0 Å². The fourth-order valence-electron chi connectivity index (χ4n) is 1.32. The van der Waals surface area contributed by atoms with Crippen LogP contribution in [0.1, 0.15) is 31.4 Å². The quantitative estimate of drug-likeness (QED) is 0.773. The summed E-state index contributed by atoms with van der Waals surface area (Å²) in [5, 5.41) is 12.6. The van der Waals surface area contributed by atoms with Crippen LogP contribution in [-0.4, -0.2) is 22.2 Å². The zero-order valence-electron chi connectivity index (χ0n) is 9.75. The molecule has 0 aliphatic rings. The largest absolute Gasteiger partial charge is 0.394 e. The molecule has 0 aliphatic carbocycles. The summed E-state index contributed by atoms with van der Waals surface area (Å²) in [6, 6.07) is 2.10. The second-order valence-electron chi connectivity index (χ2n) is 4.30. The van der Waals surface area contributed by atoms with Crippen LogP contribution in [0.4, 0.5) is 0 Å². The van der Waals surface area contributed by atoms with Crippen molar-refractivity contribution in [2.24, 2.45) is 0 Å². The molecule has 3 nitrogen and oxygen atoms in total. The van der Waals surface area contributed by atoms with E-state index in [-0.39, 0.29) is 12.1 Å². The van der Waals surface area contributed by atoms with Gasteiger partial charge >= 0.3 is 0 Å². The van der Waals surface area contributed by atoms with Crippen LogP contribution in [-0.2, 0) is 6.54 Å². The molecule has 0 saturated heterocycles. The maximum absolute atomic E-state index is 9.24. The van der Waals surface area contributed by atoms with Crippen molar-refractivity contribution in [2.45, 2.75) is 39.3 Å². The fourth-order valence-corrected chi connectivity index (χ4v) is 1.32. The highest BCUT2D eigenvalue weighted by Gasteiger charge is 2.19. The molecule has 0 amide bonds. The first-order valence-corrected chi connectivity index (χ1v) is 5.36. The van der Waals surface area contributed by atoms with Gasteiger partial charge in [-0.25, -0.2) is 0 Å². The second kappa shape index (κ2) is 5.24. The van der Waals surface area contributed by atoms with Crippen LogP contribution in [0.15, 0.2) is 18.5 Å². The van der Waals surface area contributed by atoms with Crippen LogP contribution in [0.3, 0.4) is 0 Å². The standard InChI is InChI=1S/C12H20N2O/c1-4-12(3,9-15)14-8-11-5-10(2)6-13-7-11/h5-7,14-15H,4,8-9H2,1-3H3. The molecular weight excluding hydrogens is 188 g/mol. The van der Waals surface area contributed by atoms with Gasteiger partial charge in [0.05, 0.1) is 6.61 Å². The third-order valence-corrected chi connectivity index (χ3v) is 2.78. The summed E-state index contributed by atoms with van der Waals surface area (Å²) < 4.78 is 0. The first-order chi connectivity index (χ1) is 7.09. The van der Waals surface area contributed by atoms with Crippen molar-refractivity contribution in [1.29, 1.82) is 0 Å². The van der Waals surface area contributed by atoms with Gasteiger partial charge in [0.25, 0.3) is 0 Å². The van der Waals surface area contributed by atoms with E-state index in [1.165, 1.54) is 0 Å². The highest BCUT2D eigenvalue weighted by molar-refractivity contribution is 5.16. The van der Waals surface area contributed by atoms with Gasteiger partial charge in [-0.15, -0.1) is 0 Å². The van der Waals surface area contributed by atoms with E-state index >= 15 is 0 Å². The first kappa shape index (κ1) is 12.1. The molecule has 2 N–H and O–H groups in total. The van der Waals surface area contributed by atoms with Crippen LogP contribution in [0.5, 0.6) is 0 Å². The van der Waals surface area contributed by atoms with Gasteiger partial charge in [0.2, 0.25) is 0 Å². The minimum absolute atomic E-state index is 0.156. The van der Waals surface area contributed by atoms with Crippen molar-refractivity contribution in [3.05, 3.63) is 29.6 Å². The van der Waals surface area contributed by atoms with E-state index < -0.39 is 0 Å². The van der Waals surface area contributed by atoms with Crippen molar-refractivity contribution in [1.82, 2.24) is 10.3 Å². The zero-order valence-corrected chi connectivity index (χ0v) is 9.75. The molecule has 0 spiro atoms. The van der Waals surface area contributed by atoms with Gasteiger partial charge in [0, 0.05) is 24.5 Å². The molecule has 0 radical (unpaired) electrons. The Morgan fingerprint density at radius 1 is 1.47 bits per heavy atom. The summed E-state index contributed by atoms with van der Waals surface area (Å²) in [4.78, 5) is 4.13. The Labute approximate surface area is 91.5 Å². The van der Waals surface area contributed by atoms with Gasteiger partial charge in [-0.05, 0) is 31.4 Å². The Balaban J connectivity index is 2.56. The van der Waals surface area contributed by atoms with Crippen molar-refractivity contribution in [3.8, 4) is 0 Å². The SMILES string of the molecule is CCC(C)(CO)NCc1cncc(C)c1. The summed E-state index contributed by atoms with van der Waals surface area (Å²) in [5.74, 6) is 0. The number of aromatic nitrogens is 1. The number of rotatable bonds is 5. The smallest absolute Gasteiger partial charge is 0.0610 e. The molecule has 0 aromatic carbocycles. The van der Waals surface area contributed by atoms with Gasteiger partial charge < -0.3 is 10.4 Å². The number of hydrogen-bond donors (Lipinski definition) is 2. The number of aryl methyl sites for hydroxylation is 1. The molecule has 84 valence electrons. The number of hydrogen-bond acceptors (Lipinski definition) is 3. The van der Waals surface area contributed by atoms with Crippen molar-refractivity contribution in [3.63, 3.8) is 0 Å². The maximum atomic E-state index is 9.24. The summed E-state index contributed by atoms with van der Waals surface area (Å²) in [5.41, 5.74) is 2.13. The average Bonchev–Trinajstić information content (AvgIpc) is 2.26. The van der Waals surface area contributed by atoms with E-state index in [1.54, 1.807) is 0 Å². The monoisotopic (exact) mass is 208 g/mol. The van der Waals surface area contributed by atoms with Crippen LogP contribution < -0.4 is 5.32 Å². The number of aliphatic hydroxyl groups excluding tert-OH is 1. The number of pyridine rings is 1. The van der Waals surface area contributed by atoms with Gasteiger partial charge in [0.15, 0.2) is 0 Å². The number of aliphatic hydroxyl groups is 1. The normalized spacial score (nSPS) is 14.9. The molecule has 1 aromatic heterocycles. The fraction of sp³-hybridized carbons (Fsp3) is 0.583. The van der Waals surface area contributed by atoms with E-state index in [9.17, 15) is 5.11 Å². The lowest BCUT2D eigenvalue weighted by molar-refractivity contribution is 0.169. The summed E-state index contributed by atoms with van der Waals surface area (Å²) in [6.45, 7) is 7.03. The van der Waals surface area contributed by atoms with Crippen LogP contribution in [0, 0.1) is 6.92 Å². The summed E-state index contributed by atoms with van der Waals surface area (Å²) >= 11 is 0. The van der Waals surface area contributed by atoms with E-state index in [0.717, 1.165) is 24.1 Å². The molecular formula is C12H20N2O. The van der Waals surface area contributed by atoms with Crippen molar-refractivity contribution >= 4 is 0 Å². The molecule has 1 aromatic rings. The molecule has 0 aliphatic heterocycles. The molecule has 0 fully saturated rings. The molecule has 1 atom stereocenters. The number of nitrogens with one attached hydrogen (secondary N) is 1. The minimum Gasteiger partial charge on any atom is -0.394 e. The molecule has 1 rings (SSSR count). The van der Waals surface area contributed by atoms with Gasteiger partial charge in [0.1, 0.15) is 0 Å². The maximum Gasteiger partial charge on any atom is 0.0610 e. The number of nitrogens with zero attached hydrogens (tertiary/aromatic N) is 1. The van der Waals surface area contributed by atoms with Crippen LogP contribution >= 0.6 is 0 Å². The zero-order chi connectivity index (χ0) is 11.3. The predicted octanol–water partition coefficient (Wildman–Crippen LogP) is 1.64. The third kappa shape index (κ3) is 3.61. The molecule has 1 unspecified atom stereocenters. The third-order valence-electron chi connectivity index (χ3n) is 2.78. The predicted molar refractivity (Wildman–Crippen MR) is 61.6 cm³/mol. The summed E-state index contributed by atoms with van der Waals surface area (Å²) in [6.07, 6.45) is 4.60. The Kier molecular flexibility index (Phi) is 4.24. The van der Waals surface area contributed by atoms with Crippen LogP contribution in [0.25, 0.3) is 0 Å². The van der Waals surface area contributed by atoms with Gasteiger partial charge in [-0.2, -0.15) is 0 Å².